The summed E-state index contributed by atoms with van der Waals surface area (Å²) in [7, 11) is 0. The second kappa shape index (κ2) is 7.93. The number of nitrogens with one attached hydrogen (secondary N) is 1. The van der Waals surface area contributed by atoms with Gasteiger partial charge in [0.15, 0.2) is 0 Å². The Morgan fingerprint density at radius 1 is 1.00 bits per heavy atom. The van der Waals surface area contributed by atoms with E-state index in [-0.39, 0.29) is 0 Å². The van der Waals surface area contributed by atoms with Gasteiger partial charge in [-0.05, 0) is 34.4 Å². The number of aromatic nitrogens is 1. The van der Waals surface area contributed by atoms with Gasteiger partial charge in [0.1, 0.15) is 5.75 Å². The number of pyridine rings is 1. The molecule has 0 spiro atoms. The molecule has 0 atom stereocenters. The first-order valence-corrected chi connectivity index (χ1v) is 8.47. The first-order valence-electron chi connectivity index (χ1n) is 8.47. The highest BCUT2D eigenvalue weighted by Gasteiger charge is 2.09. The molecule has 2 aromatic carbocycles. The lowest BCUT2D eigenvalue weighted by Crippen LogP contribution is -2.15. The number of fused-ring (bicyclic) bond motifs is 1. The molecule has 0 aliphatic heterocycles. The van der Waals surface area contributed by atoms with Gasteiger partial charge in [0.05, 0.1) is 6.61 Å². The standard InChI is InChI=1S/C21H24N2O/c1-16(2)15-24-21-10-9-18-7-3-4-8-19(18)20(21)14-23-13-17-6-5-11-22-12-17/h3-12,16,23H,13-15H2,1-2H3. The van der Waals surface area contributed by atoms with E-state index in [0.717, 1.165) is 25.4 Å². The summed E-state index contributed by atoms with van der Waals surface area (Å²) in [6.07, 6.45) is 3.69. The summed E-state index contributed by atoms with van der Waals surface area (Å²) in [6, 6.07) is 16.7. The number of benzene rings is 2. The van der Waals surface area contributed by atoms with Crippen LogP contribution in [0, 0.1) is 5.92 Å². The molecule has 3 aromatic rings. The Bertz CT molecular complexity index is 784. The first-order chi connectivity index (χ1) is 11.7. The zero-order valence-electron chi connectivity index (χ0n) is 14.3. The van der Waals surface area contributed by atoms with Crippen molar-refractivity contribution in [1.29, 1.82) is 0 Å². The molecule has 0 radical (unpaired) electrons. The smallest absolute Gasteiger partial charge is 0.124 e. The fourth-order valence-electron chi connectivity index (χ4n) is 2.72. The average Bonchev–Trinajstić information content (AvgIpc) is 2.61. The van der Waals surface area contributed by atoms with Crippen molar-refractivity contribution in [2.24, 2.45) is 5.92 Å². The van der Waals surface area contributed by atoms with Gasteiger partial charge in [-0.1, -0.05) is 50.2 Å². The van der Waals surface area contributed by atoms with E-state index in [0.29, 0.717) is 5.92 Å². The predicted molar refractivity (Wildman–Crippen MR) is 99.1 cm³/mol. The highest BCUT2D eigenvalue weighted by Crippen LogP contribution is 2.28. The fraction of sp³-hybridized carbons (Fsp3) is 0.286. The Morgan fingerprint density at radius 3 is 2.67 bits per heavy atom. The first kappa shape index (κ1) is 16.5. The van der Waals surface area contributed by atoms with Crippen LogP contribution in [0.4, 0.5) is 0 Å². The van der Waals surface area contributed by atoms with E-state index in [4.69, 9.17) is 4.74 Å². The predicted octanol–water partition coefficient (Wildman–Crippen LogP) is 4.56. The normalized spacial score (nSPS) is 11.1. The van der Waals surface area contributed by atoms with Crippen LogP contribution >= 0.6 is 0 Å². The number of hydrogen-bond acceptors (Lipinski definition) is 3. The summed E-state index contributed by atoms with van der Waals surface area (Å²) in [5.74, 6) is 1.48. The lowest BCUT2D eigenvalue weighted by Gasteiger charge is -2.16. The molecule has 0 unspecified atom stereocenters. The van der Waals surface area contributed by atoms with Crippen LogP contribution in [0.1, 0.15) is 25.0 Å². The molecule has 1 N–H and O–H groups in total. The third-order valence-electron chi connectivity index (χ3n) is 3.92. The summed E-state index contributed by atoms with van der Waals surface area (Å²) in [6.45, 7) is 6.63. The zero-order chi connectivity index (χ0) is 16.8. The molecule has 24 heavy (non-hydrogen) atoms. The van der Waals surface area contributed by atoms with E-state index in [1.54, 1.807) is 6.20 Å². The maximum Gasteiger partial charge on any atom is 0.124 e. The van der Waals surface area contributed by atoms with Crippen LogP contribution in [0.25, 0.3) is 10.8 Å². The number of hydrogen-bond donors (Lipinski definition) is 1. The Hall–Kier alpha value is -2.39. The second-order valence-corrected chi connectivity index (χ2v) is 6.43. The largest absolute Gasteiger partial charge is 0.493 e. The summed E-state index contributed by atoms with van der Waals surface area (Å²) in [5, 5.41) is 6.01. The maximum absolute atomic E-state index is 6.06. The van der Waals surface area contributed by atoms with Crippen molar-refractivity contribution in [3.63, 3.8) is 0 Å². The van der Waals surface area contributed by atoms with Gasteiger partial charge in [0.2, 0.25) is 0 Å². The van der Waals surface area contributed by atoms with E-state index >= 15 is 0 Å². The SMILES string of the molecule is CC(C)COc1ccc2ccccc2c1CNCc1cccnc1. The molecular formula is C21H24N2O. The van der Waals surface area contributed by atoms with Gasteiger partial charge in [-0.25, -0.2) is 0 Å². The summed E-state index contributed by atoms with van der Waals surface area (Å²) in [5.41, 5.74) is 2.40. The van der Waals surface area contributed by atoms with Crippen LogP contribution in [0.2, 0.25) is 0 Å². The van der Waals surface area contributed by atoms with Crippen molar-refractivity contribution < 1.29 is 4.74 Å². The molecule has 3 rings (SSSR count). The molecule has 0 amide bonds. The molecule has 0 bridgehead atoms. The minimum atomic E-state index is 0.507. The van der Waals surface area contributed by atoms with E-state index < -0.39 is 0 Å². The Balaban J connectivity index is 1.81. The van der Waals surface area contributed by atoms with Crippen molar-refractivity contribution in [1.82, 2.24) is 10.3 Å². The van der Waals surface area contributed by atoms with Crippen LogP contribution in [-0.4, -0.2) is 11.6 Å². The molecule has 0 aliphatic carbocycles. The number of ether oxygens (including phenoxy) is 1. The van der Waals surface area contributed by atoms with Gasteiger partial charge in [-0.3, -0.25) is 4.98 Å². The summed E-state index contributed by atoms with van der Waals surface area (Å²) in [4.78, 5) is 4.16. The lowest BCUT2D eigenvalue weighted by molar-refractivity contribution is 0.268. The van der Waals surface area contributed by atoms with E-state index in [1.165, 1.54) is 21.9 Å². The molecule has 1 aromatic heterocycles. The summed E-state index contributed by atoms with van der Waals surface area (Å²) < 4.78 is 6.06. The van der Waals surface area contributed by atoms with E-state index in [2.05, 4.69) is 66.6 Å². The highest BCUT2D eigenvalue weighted by molar-refractivity contribution is 5.87. The maximum atomic E-state index is 6.06. The third-order valence-corrected chi connectivity index (χ3v) is 3.92. The number of nitrogens with zero attached hydrogens (tertiary/aromatic N) is 1. The van der Waals surface area contributed by atoms with Gasteiger partial charge in [-0.2, -0.15) is 0 Å². The summed E-state index contributed by atoms with van der Waals surface area (Å²) >= 11 is 0. The van der Waals surface area contributed by atoms with Crippen LogP contribution < -0.4 is 10.1 Å². The van der Waals surface area contributed by atoms with Gasteiger partial charge >= 0.3 is 0 Å². The Labute approximate surface area is 143 Å². The van der Waals surface area contributed by atoms with Crippen LogP contribution in [0.15, 0.2) is 60.9 Å². The third kappa shape index (κ3) is 4.12. The van der Waals surface area contributed by atoms with Crippen molar-refractivity contribution in [3.05, 3.63) is 72.1 Å². The van der Waals surface area contributed by atoms with Crippen molar-refractivity contribution in [2.45, 2.75) is 26.9 Å². The Kier molecular flexibility index (Phi) is 5.44. The van der Waals surface area contributed by atoms with E-state index in [9.17, 15) is 0 Å². The van der Waals surface area contributed by atoms with Gasteiger partial charge in [0, 0.05) is 31.0 Å². The quantitative estimate of drug-likeness (QED) is 0.693. The molecule has 0 saturated heterocycles. The van der Waals surface area contributed by atoms with Crippen LogP contribution in [0.3, 0.4) is 0 Å². The molecule has 124 valence electrons. The van der Waals surface area contributed by atoms with Crippen molar-refractivity contribution in [3.8, 4) is 5.75 Å². The lowest BCUT2D eigenvalue weighted by atomic mass is 10.0. The monoisotopic (exact) mass is 320 g/mol. The molecule has 0 aliphatic rings. The van der Waals surface area contributed by atoms with Gasteiger partial charge in [-0.15, -0.1) is 0 Å². The minimum absolute atomic E-state index is 0.507. The molecule has 3 nitrogen and oxygen atoms in total. The minimum Gasteiger partial charge on any atom is -0.493 e. The van der Waals surface area contributed by atoms with Crippen LogP contribution in [-0.2, 0) is 13.1 Å². The molecular weight excluding hydrogens is 296 g/mol. The van der Waals surface area contributed by atoms with Gasteiger partial charge < -0.3 is 10.1 Å². The van der Waals surface area contributed by atoms with Crippen LogP contribution in [0.5, 0.6) is 5.75 Å². The zero-order valence-corrected chi connectivity index (χ0v) is 14.3. The molecule has 0 fully saturated rings. The average molecular weight is 320 g/mol. The topological polar surface area (TPSA) is 34.1 Å². The highest BCUT2D eigenvalue weighted by atomic mass is 16.5. The molecule has 3 heteroatoms. The fourth-order valence-corrected chi connectivity index (χ4v) is 2.72. The second-order valence-electron chi connectivity index (χ2n) is 6.43. The van der Waals surface area contributed by atoms with Crippen molar-refractivity contribution in [2.75, 3.05) is 6.61 Å². The van der Waals surface area contributed by atoms with Gasteiger partial charge in [0.25, 0.3) is 0 Å². The Morgan fingerprint density at radius 2 is 1.88 bits per heavy atom. The van der Waals surface area contributed by atoms with Crippen molar-refractivity contribution >= 4 is 10.8 Å². The molecule has 1 heterocycles. The number of rotatable bonds is 7. The van der Waals surface area contributed by atoms with E-state index in [1.807, 2.05) is 12.3 Å². The molecule has 0 saturated carbocycles.